The number of aromatic nitrogens is 1. The number of aromatic amines is 1. The van der Waals surface area contributed by atoms with Gasteiger partial charge in [0.25, 0.3) is 5.69 Å². The van der Waals surface area contributed by atoms with E-state index in [0.717, 1.165) is 22.5 Å². The molecular weight excluding hydrogens is 300 g/mol. The topological polar surface area (TPSA) is 114 Å². The van der Waals surface area contributed by atoms with E-state index < -0.39 is 15.5 Å². The first kappa shape index (κ1) is 14.4. The van der Waals surface area contributed by atoms with E-state index in [4.69, 9.17) is 0 Å². The Morgan fingerprint density at radius 1 is 1.04 bits per heavy atom. The lowest BCUT2D eigenvalue weighted by Crippen LogP contribution is -1.93. The second-order valence-electron chi connectivity index (χ2n) is 4.74. The first-order chi connectivity index (χ1) is 11.1. The quantitative estimate of drug-likeness (QED) is 0.449. The number of fused-ring (bicyclic) bond motifs is 1. The minimum absolute atomic E-state index is 0.0610. The van der Waals surface area contributed by atoms with E-state index in [1.807, 2.05) is 24.3 Å². The van der Waals surface area contributed by atoms with E-state index in [-0.39, 0.29) is 11.4 Å². The van der Waals surface area contributed by atoms with Crippen LogP contribution in [0.3, 0.4) is 0 Å². The molecule has 0 fully saturated rings. The molecule has 0 saturated heterocycles. The number of aliphatic imine (C=N–C) groups is 1. The predicted molar refractivity (Wildman–Crippen MR) is 85.3 cm³/mol. The van der Waals surface area contributed by atoms with Crippen LogP contribution in [0.4, 0.5) is 17.1 Å². The molecule has 0 spiro atoms. The summed E-state index contributed by atoms with van der Waals surface area (Å²) in [5, 5.41) is 22.7. The number of nitro benzene ring substituents is 2. The summed E-state index contributed by atoms with van der Waals surface area (Å²) < 4.78 is 0. The van der Waals surface area contributed by atoms with Gasteiger partial charge >= 0.3 is 5.69 Å². The molecule has 1 N–H and O–H groups in total. The van der Waals surface area contributed by atoms with Crippen LogP contribution in [-0.4, -0.2) is 21.0 Å². The van der Waals surface area contributed by atoms with E-state index in [9.17, 15) is 20.2 Å². The van der Waals surface area contributed by atoms with Crippen LogP contribution in [0, 0.1) is 20.2 Å². The van der Waals surface area contributed by atoms with Crippen molar-refractivity contribution in [2.75, 3.05) is 0 Å². The third-order valence-corrected chi connectivity index (χ3v) is 3.33. The highest BCUT2D eigenvalue weighted by Crippen LogP contribution is 2.31. The molecule has 3 aromatic rings. The highest BCUT2D eigenvalue weighted by atomic mass is 16.6. The summed E-state index contributed by atoms with van der Waals surface area (Å²) in [7, 11) is 0. The van der Waals surface area contributed by atoms with Crippen molar-refractivity contribution in [2.24, 2.45) is 4.99 Å². The number of hydrogen-bond acceptors (Lipinski definition) is 5. The van der Waals surface area contributed by atoms with Crippen LogP contribution in [-0.2, 0) is 0 Å². The molecule has 0 aliphatic carbocycles. The van der Waals surface area contributed by atoms with E-state index in [0.29, 0.717) is 0 Å². The van der Waals surface area contributed by atoms with Gasteiger partial charge in [-0.15, -0.1) is 0 Å². The number of rotatable bonds is 4. The number of hydrogen-bond donors (Lipinski definition) is 1. The Labute approximate surface area is 129 Å². The smallest absolute Gasteiger partial charge is 0.301 e. The molecule has 3 rings (SSSR count). The maximum atomic E-state index is 11.1. The fourth-order valence-electron chi connectivity index (χ4n) is 2.22. The number of nitro groups is 2. The lowest BCUT2D eigenvalue weighted by Gasteiger charge is -1.97. The number of benzene rings is 2. The molecule has 0 saturated carbocycles. The zero-order chi connectivity index (χ0) is 16.4. The minimum atomic E-state index is -0.686. The molecule has 0 atom stereocenters. The van der Waals surface area contributed by atoms with E-state index in [1.54, 1.807) is 6.20 Å². The molecule has 8 heteroatoms. The van der Waals surface area contributed by atoms with Crippen molar-refractivity contribution in [2.45, 2.75) is 0 Å². The van der Waals surface area contributed by atoms with Crippen LogP contribution in [0.25, 0.3) is 10.9 Å². The van der Waals surface area contributed by atoms with E-state index in [1.165, 1.54) is 18.3 Å². The second kappa shape index (κ2) is 5.68. The van der Waals surface area contributed by atoms with Gasteiger partial charge in [0.15, 0.2) is 0 Å². The lowest BCUT2D eigenvalue weighted by molar-refractivity contribution is -0.393. The molecular formula is C15H10N4O4. The average Bonchev–Trinajstić information content (AvgIpc) is 2.95. The third kappa shape index (κ3) is 2.77. The first-order valence-electron chi connectivity index (χ1n) is 6.59. The standard InChI is InChI=1S/C15H10N4O4/c20-18(21)11-5-6-14(15(7-11)19(22)23)17-9-10-8-16-13-4-2-1-3-12(10)13/h1-9,16H. The number of non-ortho nitro benzene ring substituents is 1. The Morgan fingerprint density at radius 3 is 2.57 bits per heavy atom. The first-order valence-corrected chi connectivity index (χ1v) is 6.59. The second-order valence-corrected chi connectivity index (χ2v) is 4.74. The van der Waals surface area contributed by atoms with E-state index >= 15 is 0 Å². The monoisotopic (exact) mass is 310 g/mol. The van der Waals surface area contributed by atoms with Crippen molar-refractivity contribution in [3.63, 3.8) is 0 Å². The molecule has 2 aromatic carbocycles. The summed E-state index contributed by atoms with van der Waals surface area (Å²) in [6.45, 7) is 0. The van der Waals surface area contributed by atoms with Gasteiger partial charge in [0.05, 0.1) is 15.9 Å². The Bertz CT molecular complexity index is 946. The van der Waals surface area contributed by atoms with Crippen molar-refractivity contribution in [1.82, 2.24) is 4.98 Å². The van der Waals surface area contributed by atoms with Gasteiger partial charge in [-0.3, -0.25) is 20.2 Å². The molecule has 114 valence electrons. The molecule has 0 aliphatic heterocycles. The van der Waals surface area contributed by atoms with Crippen LogP contribution in [0.5, 0.6) is 0 Å². The molecule has 0 radical (unpaired) electrons. The molecule has 0 aliphatic rings. The zero-order valence-electron chi connectivity index (χ0n) is 11.7. The fraction of sp³-hybridized carbons (Fsp3) is 0. The Balaban J connectivity index is 2.02. The summed E-state index contributed by atoms with van der Waals surface area (Å²) in [6.07, 6.45) is 3.23. The summed E-state index contributed by atoms with van der Waals surface area (Å²) in [5.74, 6) is 0. The van der Waals surface area contributed by atoms with Crippen LogP contribution >= 0.6 is 0 Å². The summed E-state index contributed by atoms with van der Waals surface area (Å²) >= 11 is 0. The van der Waals surface area contributed by atoms with Crippen LogP contribution in [0.2, 0.25) is 0 Å². The van der Waals surface area contributed by atoms with Gasteiger partial charge in [0.1, 0.15) is 5.69 Å². The van der Waals surface area contributed by atoms with Gasteiger partial charge in [0.2, 0.25) is 0 Å². The average molecular weight is 310 g/mol. The highest BCUT2D eigenvalue weighted by Gasteiger charge is 2.18. The molecule has 1 aromatic heterocycles. The number of nitrogens with one attached hydrogen (secondary N) is 1. The molecule has 0 unspecified atom stereocenters. The summed E-state index contributed by atoms with van der Waals surface area (Å²) in [6, 6.07) is 10.9. The van der Waals surface area contributed by atoms with Gasteiger partial charge in [-0.2, -0.15) is 0 Å². The molecule has 8 nitrogen and oxygen atoms in total. The van der Waals surface area contributed by atoms with Crippen molar-refractivity contribution in [3.05, 3.63) is 74.5 Å². The van der Waals surface area contributed by atoms with Gasteiger partial charge in [0, 0.05) is 34.9 Å². The van der Waals surface area contributed by atoms with Gasteiger partial charge in [-0.1, -0.05) is 18.2 Å². The predicted octanol–water partition coefficient (Wildman–Crippen LogP) is 3.73. The molecule has 23 heavy (non-hydrogen) atoms. The van der Waals surface area contributed by atoms with Crippen molar-refractivity contribution in [3.8, 4) is 0 Å². The van der Waals surface area contributed by atoms with Gasteiger partial charge < -0.3 is 4.98 Å². The lowest BCUT2D eigenvalue weighted by atomic mass is 10.2. The summed E-state index contributed by atoms with van der Waals surface area (Å²) in [5.41, 5.74) is 1.00. The van der Waals surface area contributed by atoms with E-state index in [2.05, 4.69) is 9.98 Å². The van der Waals surface area contributed by atoms with Gasteiger partial charge in [-0.25, -0.2) is 4.99 Å². The van der Waals surface area contributed by atoms with Crippen LogP contribution in [0.1, 0.15) is 5.56 Å². The van der Waals surface area contributed by atoms with Crippen LogP contribution in [0.15, 0.2) is 53.7 Å². The zero-order valence-corrected chi connectivity index (χ0v) is 11.7. The molecule has 0 amide bonds. The number of para-hydroxylation sites is 1. The summed E-state index contributed by atoms with van der Waals surface area (Å²) in [4.78, 5) is 27.6. The number of H-pyrrole nitrogens is 1. The Kier molecular flexibility index (Phi) is 3.55. The molecule has 1 heterocycles. The maximum absolute atomic E-state index is 11.1. The highest BCUT2D eigenvalue weighted by molar-refractivity contribution is 5.99. The Hall–Kier alpha value is -3.55. The maximum Gasteiger partial charge on any atom is 0.301 e. The normalized spacial score (nSPS) is 11.1. The minimum Gasteiger partial charge on any atom is -0.361 e. The largest absolute Gasteiger partial charge is 0.361 e. The van der Waals surface area contributed by atoms with Crippen LogP contribution < -0.4 is 0 Å². The van der Waals surface area contributed by atoms with Crippen molar-refractivity contribution < 1.29 is 9.85 Å². The SMILES string of the molecule is O=[N+]([O-])c1ccc(N=Cc2c[nH]c3ccccc23)c([N+](=O)[O-])c1. The third-order valence-electron chi connectivity index (χ3n) is 3.33. The number of nitrogens with zero attached hydrogens (tertiary/aromatic N) is 3. The van der Waals surface area contributed by atoms with Gasteiger partial charge in [-0.05, 0) is 12.1 Å². The van der Waals surface area contributed by atoms with Crippen molar-refractivity contribution in [1.29, 1.82) is 0 Å². The Morgan fingerprint density at radius 2 is 1.83 bits per heavy atom. The fourth-order valence-corrected chi connectivity index (χ4v) is 2.22. The van der Waals surface area contributed by atoms with Crippen molar-refractivity contribution >= 4 is 34.2 Å². The molecule has 0 bridgehead atoms.